The van der Waals surface area contributed by atoms with Crippen molar-refractivity contribution in [3.63, 3.8) is 0 Å². The Morgan fingerprint density at radius 1 is 1.17 bits per heavy atom. The average Bonchev–Trinajstić information content (AvgIpc) is 2.55. The summed E-state index contributed by atoms with van der Waals surface area (Å²) in [5.74, 6) is -1.22. The van der Waals surface area contributed by atoms with Crippen molar-refractivity contribution in [2.75, 3.05) is 18.2 Å². The summed E-state index contributed by atoms with van der Waals surface area (Å²) < 4.78 is 23.1. The monoisotopic (exact) mass is 332 g/mol. The molecule has 0 unspecified atom stereocenters. The van der Waals surface area contributed by atoms with Gasteiger partial charge in [-0.1, -0.05) is 0 Å². The Morgan fingerprint density at radius 3 is 2.42 bits per heavy atom. The van der Waals surface area contributed by atoms with Gasteiger partial charge in [-0.25, -0.2) is 9.18 Å². The molecule has 0 aliphatic carbocycles. The van der Waals surface area contributed by atoms with Crippen LogP contribution in [0.25, 0.3) is 0 Å². The number of carbonyl (C=O) groups is 2. The van der Waals surface area contributed by atoms with Gasteiger partial charge in [0.15, 0.2) is 6.10 Å². The topological polar surface area (TPSA) is 90.6 Å². The molecule has 7 heteroatoms. The molecule has 1 amide bonds. The van der Waals surface area contributed by atoms with E-state index in [1.807, 2.05) is 0 Å². The molecule has 3 N–H and O–H groups in total. The summed E-state index contributed by atoms with van der Waals surface area (Å²) in [4.78, 5) is 24.1. The molecule has 2 aromatic rings. The van der Waals surface area contributed by atoms with E-state index >= 15 is 0 Å². The Kier molecular flexibility index (Phi) is 5.36. The van der Waals surface area contributed by atoms with Gasteiger partial charge in [-0.15, -0.1) is 0 Å². The van der Waals surface area contributed by atoms with Gasteiger partial charge in [-0.3, -0.25) is 4.79 Å². The summed E-state index contributed by atoms with van der Waals surface area (Å²) in [5, 5.41) is 2.61. The maximum Gasteiger partial charge on any atom is 0.341 e. The first kappa shape index (κ1) is 17.3. The highest BCUT2D eigenvalue weighted by molar-refractivity contribution is 5.99. The Labute approximate surface area is 138 Å². The van der Waals surface area contributed by atoms with Gasteiger partial charge in [-0.05, 0) is 49.4 Å². The standard InChI is InChI=1S/C17H17FN2O4/c1-10(16(21)20-12-4-6-13(23-2)7-5-12)24-17(22)14-8-3-11(18)9-15(14)19/h3-10H,19H2,1-2H3,(H,20,21)/t10-/m1/s1. The number of hydrogen-bond donors (Lipinski definition) is 2. The maximum absolute atomic E-state index is 13.0. The number of nitrogen functional groups attached to an aromatic ring is 1. The van der Waals surface area contributed by atoms with Crippen LogP contribution in [0.3, 0.4) is 0 Å². The third-order valence-electron chi connectivity index (χ3n) is 3.24. The molecule has 2 aromatic carbocycles. The minimum atomic E-state index is -1.05. The number of benzene rings is 2. The summed E-state index contributed by atoms with van der Waals surface area (Å²) in [6.45, 7) is 1.43. The normalized spacial score (nSPS) is 11.5. The molecule has 0 aromatic heterocycles. The molecular formula is C17H17FN2O4. The van der Waals surface area contributed by atoms with Crippen LogP contribution < -0.4 is 15.8 Å². The van der Waals surface area contributed by atoms with Crippen LogP contribution >= 0.6 is 0 Å². The van der Waals surface area contributed by atoms with Gasteiger partial charge >= 0.3 is 5.97 Å². The van der Waals surface area contributed by atoms with Crippen LogP contribution in [0, 0.1) is 5.82 Å². The fraction of sp³-hybridized carbons (Fsp3) is 0.176. The quantitative estimate of drug-likeness (QED) is 0.649. The largest absolute Gasteiger partial charge is 0.497 e. The van der Waals surface area contributed by atoms with Crippen LogP contribution in [0.4, 0.5) is 15.8 Å². The summed E-state index contributed by atoms with van der Waals surface area (Å²) in [7, 11) is 1.54. The molecule has 0 bridgehead atoms. The minimum Gasteiger partial charge on any atom is -0.497 e. The molecule has 0 aliphatic heterocycles. The molecule has 0 spiro atoms. The predicted octanol–water partition coefficient (Wildman–Crippen LogP) is 2.60. The lowest BCUT2D eigenvalue weighted by Gasteiger charge is -2.14. The zero-order valence-corrected chi connectivity index (χ0v) is 13.2. The molecule has 0 radical (unpaired) electrons. The zero-order valence-electron chi connectivity index (χ0n) is 13.2. The highest BCUT2D eigenvalue weighted by Gasteiger charge is 2.20. The van der Waals surface area contributed by atoms with Crippen molar-refractivity contribution in [2.45, 2.75) is 13.0 Å². The predicted molar refractivity (Wildman–Crippen MR) is 87.3 cm³/mol. The Morgan fingerprint density at radius 2 is 1.83 bits per heavy atom. The number of methoxy groups -OCH3 is 1. The molecular weight excluding hydrogens is 315 g/mol. The first-order chi connectivity index (χ1) is 11.4. The van der Waals surface area contributed by atoms with Gasteiger partial charge in [0.1, 0.15) is 11.6 Å². The van der Waals surface area contributed by atoms with E-state index in [0.29, 0.717) is 11.4 Å². The number of esters is 1. The smallest absolute Gasteiger partial charge is 0.341 e. The van der Waals surface area contributed by atoms with Crippen molar-refractivity contribution in [1.29, 1.82) is 0 Å². The van der Waals surface area contributed by atoms with Crippen molar-refractivity contribution in [1.82, 2.24) is 0 Å². The first-order valence-electron chi connectivity index (χ1n) is 7.11. The van der Waals surface area contributed by atoms with Gasteiger partial charge in [0, 0.05) is 11.4 Å². The maximum atomic E-state index is 13.0. The van der Waals surface area contributed by atoms with E-state index in [1.165, 1.54) is 20.1 Å². The number of ether oxygens (including phenoxy) is 2. The lowest BCUT2D eigenvalue weighted by atomic mass is 10.2. The number of halogens is 1. The minimum absolute atomic E-state index is 0.000461. The highest BCUT2D eigenvalue weighted by atomic mass is 19.1. The number of anilines is 2. The Hall–Kier alpha value is -3.09. The van der Waals surface area contributed by atoms with E-state index in [9.17, 15) is 14.0 Å². The molecule has 0 aliphatic rings. The second kappa shape index (κ2) is 7.45. The van der Waals surface area contributed by atoms with E-state index in [-0.39, 0.29) is 11.3 Å². The van der Waals surface area contributed by atoms with E-state index in [1.54, 1.807) is 24.3 Å². The number of amides is 1. The highest BCUT2D eigenvalue weighted by Crippen LogP contribution is 2.17. The van der Waals surface area contributed by atoms with Crippen LogP contribution in [0.1, 0.15) is 17.3 Å². The van der Waals surface area contributed by atoms with Crippen LogP contribution in [0.2, 0.25) is 0 Å². The Balaban J connectivity index is 1.98. The van der Waals surface area contributed by atoms with Crippen molar-refractivity contribution < 1.29 is 23.5 Å². The van der Waals surface area contributed by atoms with Crippen molar-refractivity contribution >= 4 is 23.3 Å². The molecule has 0 saturated heterocycles. The number of nitrogens with two attached hydrogens (primary N) is 1. The fourth-order valence-electron chi connectivity index (χ4n) is 1.92. The van der Waals surface area contributed by atoms with Gasteiger partial charge < -0.3 is 20.5 Å². The van der Waals surface area contributed by atoms with Crippen LogP contribution in [0.5, 0.6) is 5.75 Å². The fourth-order valence-corrected chi connectivity index (χ4v) is 1.92. The van der Waals surface area contributed by atoms with Gasteiger partial charge in [0.05, 0.1) is 12.7 Å². The van der Waals surface area contributed by atoms with Crippen LogP contribution in [-0.4, -0.2) is 25.1 Å². The summed E-state index contributed by atoms with van der Waals surface area (Å²) in [6, 6.07) is 10.00. The number of nitrogens with one attached hydrogen (secondary N) is 1. The van der Waals surface area contributed by atoms with Crippen LogP contribution in [0.15, 0.2) is 42.5 Å². The third kappa shape index (κ3) is 4.22. The molecule has 126 valence electrons. The molecule has 6 nitrogen and oxygen atoms in total. The lowest BCUT2D eigenvalue weighted by molar-refractivity contribution is -0.123. The number of hydrogen-bond acceptors (Lipinski definition) is 5. The molecule has 2 rings (SSSR count). The Bertz CT molecular complexity index is 747. The molecule has 0 heterocycles. The number of carbonyl (C=O) groups excluding carboxylic acids is 2. The van der Waals surface area contributed by atoms with Gasteiger partial charge in [0.25, 0.3) is 5.91 Å². The lowest BCUT2D eigenvalue weighted by Crippen LogP contribution is -2.30. The summed E-state index contributed by atoms with van der Waals surface area (Å²) in [5.41, 5.74) is 6.05. The number of rotatable bonds is 5. The molecule has 1 atom stereocenters. The molecule has 0 saturated carbocycles. The van der Waals surface area contributed by atoms with Crippen molar-refractivity contribution in [3.05, 3.63) is 53.8 Å². The summed E-state index contributed by atoms with van der Waals surface area (Å²) in [6.07, 6.45) is -1.05. The molecule has 0 fully saturated rings. The summed E-state index contributed by atoms with van der Waals surface area (Å²) >= 11 is 0. The second-order valence-corrected chi connectivity index (χ2v) is 5.00. The van der Waals surface area contributed by atoms with E-state index < -0.39 is 23.8 Å². The zero-order chi connectivity index (χ0) is 17.7. The van der Waals surface area contributed by atoms with Crippen molar-refractivity contribution in [2.24, 2.45) is 0 Å². The van der Waals surface area contributed by atoms with E-state index in [0.717, 1.165) is 12.1 Å². The molecule has 24 heavy (non-hydrogen) atoms. The van der Waals surface area contributed by atoms with E-state index in [4.69, 9.17) is 15.2 Å². The average molecular weight is 332 g/mol. The first-order valence-corrected chi connectivity index (χ1v) is 7.11. The SMILES string of the molecule is COc1ccc(NC(=O)[C@@H](C)OC(=O)c2ccc(F)cc2N)cc1. The second-order valence-electron chi connectivity index (χ2n) is 5.00. The van der Waals surface area contributed by atoms with Crippen molar-refractivity contribution in [3.8, 4) is 5.75 Å². The van der Waals surface area contributed by atoms with Crippen LogP contribution in [-0.2, 0) is 9.53 Å². The third-order valence-corrected chi connectivity index (χ3v) is 3.24. The van der Waals surface area contributed by atoms with Gasteiger partial charge in [0.2, 0.25) is 0 Å². The van der Waals surface area contributed by atoms with Gasteiger partial charge in [-0.2, -0.15) is 0 Å². The van der Waals surface area contributed by atoms with E-state index in [2.05, 4.69) is 5.32 Å².